The van der Waals surface area contributed by atoms with E-state index in [1.807, 2.05) is 0 Å². The van der Waals surface area contributed by atoms with Crippen LogP contribution in [-0.2, 0) is 9.53 Å². The number of ether oxygens (including phenoxy) is 1. The Morgan fingerprint density at radius 1 is 1.67 bits per heavy atom. The van der Waals surface area contributed by atoms with Gasteiger partial charge in [-0.15, -0.1) is 0 Å². The third-order valence-electron chi connectivity index (χ3n) is 1.09. The molecule has 0 aromatic rings. The molecule has 0 rings (SSSR count). The van der Waals surface area contributed by atoms with Crippen LogP contribution < -0.4 is 0 Å². The van der Waals surface area contributed by atoms with E-state index in [0.29, 0.717) is 0 Å². The number of halogens is 2. The number of aliphatic hydroxyl groups is 1. The van der Waals surface area contributed by atoms with Gasteiger partial charge in [-0.3, -0.25) is 0 Å². The summed E-state index contributed by atoms with van der Waals surface area (Å²) in [5, 5.41) is 17.2. The van der Waals surface area contributed by atoms with E-state index in [1.165, 1.54) is 0 Å². The van der Waals surface area contributed by atoms with Crippen molar-refractivity contribution >= 4 is 5.97 Å². The number of aliphatic carboxylic acids is 1. The summed E-state index contributed by atoms with van der Waals surface area (Å²) < 4.78 is 27.2. The summed E-state index contributed by atoms with van der Waals surface area (Å²) in [6.07, 6.45) is -2.66. The van der Waals surface area contributed by atoms with Crippen LogP contribution in [0.1, 0.15) is 6.92 Å². The van der Waals surface area contributed by atoms with E-state index < -0.39 is 31.2 Å². The van der Waals surface area contributed by atoms with Gasteiger partial charge in [-0.05, 0) is 6.92 Å². The van der Waals surface area contributed by atoms with Crippen molar-refractivity contribution < 1.29 is 28.5 Å². The second-order valence-corrected chi connectivity index (χ2v) is 2.49. The zero-order valence-corrected chi connectivity index (χ0v) is 6.46. The van der Waals surface area contributed by atoms with Gasteiger partial charge in [0.1, 0.15) is 6.61 Å². The standard InChI is InChI=1S/C6H10F2O4/c1-6(11,5(9)10)3-12-2-4(7)8/h4,11H,2-3H2,1H3,(H,9,10). The number of hydrogen-bond donors (Lipinski definition) is 2. The fourth-order valence-corrected chi connectivity index (χ4v) is 0.408. The molecule has 0 heterocycles. The first-order valence-electron chi connectivity index (χ1n) is 3.18. The minimum atomic E-state index is -2.66. The van der Waals surface area contributed by atoms with Crippen LogP contribution in [0.15, 0.2) is 0 Å². The van der Waals surface area contributed by atoms with Gasteiger partial charge in [0.15, 0.2) is 5.60 Å². The van der Waals surface area contributed by atoms with Crippen LogP contribution >= 0.6 is 0 Å². The molecule has 0 saturated heterocycles. The molecule has 0 bridgehead atoms. The van der Waals surface area contributed by atoms with Gasteiger partial charge < -0.3 is 14.9 Å². The molecule has 2 N–H and O–H groups in total. The molecule has 1 unspecified atom stereocenters. The summed E-state index contributed by atoms with van der Waals surface area (Å²) in [6, 6.07) is 0. The largest absolute Gasteiger partial charge is 0.479 e. The Hall–Kier alpha value is -0.750. The van der Waals surface area contributed by atoms with E-state index in [4.69, 9.17) is 10.2 Å². The Labute approximate surface area is 67.8 Å². The molecular formula is C6H10F2O4. The average molecular weight is 184 g/mol. The molecular weight excluding hydrogens is 174 g/mol. The SMILES string of the molecule is CC(O)(COCC(F)F)C(=O)O. The molecule has 72 valence electrons. The number of rotatable bonds is 5. The molecule has 0 aliphatic rings. The predicted octanol–water partition coefficient (Wildman–Crippen LogP) is 0.104. The lowest BCUT2D eigenvalue weighted by Gasteiger charge is -2.17. The van der Waals surface area contributed by atoms with Crippen molar-refractivity contribution in [3.63, 3.8) is 0 Å². The molecule has 4 nitrogen and oxygen atoms in total. The van der Waals surface area contributed by atoms with Crippen molar-refractivity contribution in [2.24, 2.45) is 0 Å². The molecule has 0 saturated carbocycles. The molecule has 1 atom stereocenters. The third kappa shape index (κ3) is 4.20. The molecule has 0 aromatic heterocycles. The number of carboxylic acid groups (broad SMARTS) is 1. The zero-order valence-electron chi connectivity index (χ0n) is 6.46. The van der Waals surface area contributed by atoms with Gasteiger partial charge >= 0.3 is 5.97 Å². The van der Waals surface area contributed by atoms with Crippen molar-refractivity contribution in [2.45, 2.75) is 19.0 Å². The molecule has 6 heteroatoms. The lowest BCUT2D eigenvalue weighted by Crippen LogP contribution is -2.40. The Balaban J connectivity index is 3.69. The summed E-state index contributed by atoms with van der Waals surface area (Å²) in [6.45, 7) is -0.545. The van der Waals surface area contributed by atoms with E-state index in [2.05, 4.69) is 4.74 Å². The smallest absolute Gasteiger partial charge is 0.337 e. The predicted molar refractivity (Wildman–Crippen MR) is 35.1 cm³/mol. The maximum Gasteiger partial charge on any atom is 0.337 e. The topological polar surface area (TPSA) is 66.8 Å². The first-order valence-corrected chi connectivity index (χ1v) is 3.18. The monoisotopic (exact) mass is 184 g/mol. The van der Waals surface area contributed by atoms with Gasteiger partial charge in [-0.1, -0.05) is 0 Å². The average Bonchev–Trinajstić information content (AvgIpc) is 1.85. The van der Waals surface area contributed by atoms with Crippen LogP contribution in [0.4, 0.5) is 8.78 Å². The number of hydrogen-bond acceptors (Lipinski definition) is 3. The molecule has 0 amide bonds. The summed E-state index contributed by atoms with van der Waals surface area (Å²) in [7, 11) is 0. The van der Waals surface area contributed by atoms with E-state index in [-0.39, 0.29) is 0 Å². The summed E-state index contributed by atoms with van der Waals surface area (Å²) in [4.78, 5) is 10.2. The van der Waals surface area contributed by atoms with E-state index in [0.717, 1.165) is 6.92 Å². The number of carboxylic acids is 1. The summed E-state index contributed by atoms with van der Waals surface area (Å²) in [5.41, 5.74) is -2.10. The van der Waals surface area contributed by atoms with Gasteiger partial charge in [-0.25, -0.2) is 13.6 Å². The van der Waals surface area contributed by atoms with Gasteiger partial charge in [0, 0.05) is 0 Å². The molecule has 0 aromatic carbocycles. The molecule has 12 heavy (non-hydrogen) atoms. The highest BCUT2D eigenvalue weighted by atomic mass is 19.3. The lowest BCUT2D eigenvalue weighted by molar-refractivity contribution is -0.164. The Bertz CT molecular complexity index is 158. The fraction of sp³-hybridized carbons (Fsp3) is 0.833. The maximum absolute atomic E-state index is 11.5. The van der Waals surface area contributed by atoms with Crippen molar-refractivity contribution in [2.75, 3.05) is 13.2 Å². The molecule has 0 aliphatic carbocycles. The quantitative estimate of drug-likeness (QED) is 0.636. The van der Waals surface area contributed by atoms with Crippen molar-refractivity contribution in [1.29, 1.82) is 0 Å². The van der Waals surface area contributed by atoms with Crippen LogP contribution in [0, 0.1) is 0 Å². The Kier molecular flexibility index (Phi) is 4.05. The van der Waals surface area contributed by atoms with Crippen LogP contribution in [0.25, 0.3) is 0 Å². The van der Waals surface area contributed by atoms with Gasteiger partial charge in [-0.2, -0.15) is 0 Å². The second-order valence-electron chi connectivity index (χ2n) is 2.49. The van der Waals surface area contributed by atoms with Gasteiger partial charge in [0.25, 0.3) is 6.43 Å². The van der Waals surface area contributed by atoms with E-state index in [9.17, 15) is 13.6 Å². The lowest BCUT2D eigenvalue weighted by atomic mass is 10.1. The zero-order chi connectivity index (χ0) is 9.78. The number of alkyl halides is 2. The normalized spacial score (nSPS) is 16.1. The minimum Gasteiger partial charge on any atom is -0.479 e. The van der Waals surface area contributed by atoms with Crippen molar-refractivity contribution in [3.05, 3.63) is 0 Å². The third-order valence-corrected chi connectivity index (χ3v) is 1.09. The summed E-state index contributed by atoms with van der Waals surface area (Å²) >= 11 is 0. The first kappa shape index (κ1) is 11.2. The minimum absolute atomic E-state index is 0.646. The maximum atomic E-state index is 11.5. The highest BCUT2D eigenvalue weighted by molar-refractivity contribution is 5.76. The Morgan fingerprint density at radius 3 is 2.50 bits per heavy atom. The molecule has 0 radical (unpaired) electrons. The second kappa shape index (κ2) is 4.32. The molecule has 0 fully saturated rings. The summed E-state index contributed by atoms with van der Waals surface area (Å²) in [5.74, 6) is -1.50. The van der Waals surface area contributed by atoms with Gasteiger partial charge in [0.05, 0.1) is 6.61 Å². The highest BCUT2D eigenvalue weighted by Gasteiger charge is 2.30. The van der Waals surface area contributed by atoms with Gasteiger partial charge in [0.2, 0.25) is 0 Å². The van der Waals surface area contributed by atoms with E-state index in [1.54, 1.807) is 0 Å². The van der Waals surface area contributed by atoms with Crippen LogP contribution in [0.5, 0.6) is 0 Å². The Morgan fingerprint density at radius 2 is 2.17 bits per heavy atom. The molecule has 0 aliphatic heterocycles. The van der Waals surface area contributed by atoms with Crippen LogP contribution in [0.2, 0.25) is 0 Å². The fourth-order valence-electron chi connectivity index (χ4n) is 0.408. The number of carbonyl (C=O) groups is 1. The molecule has 0 spiro atoms. The highest BCUT2D eigenvalue weighted by Crippen LogP contribution is 2.04. The first-order chi connectivity index (χ1) is 5.36. The van der Waals surface area contributed by atoms with Crippen molar-refractivity contribution in [1.82, 2.24) is 0 Å². The van der Waals surface area contributed by atoms with Crippen LogP contribution in [-0.4, -0.2) is 41.4 Å². The van der Waals surface area contributed by atoms with Crippen LogP contribution in [0.3, 0.4) is 0 Å². The van der Waals surface area contributed by atoms with Crippen molar-refractivity contribution in [3.8, 4) is 0 Å². The van der Waals surface area contributed by atoms with E-state index >= 15 is 0 Å².